The van der Waals surface area contributed by atoms with Crippen molar-refractivity contribution in [3.8, 4) is 0 Å². The van der Waals surface area contributed by atoms with E-state index in [0.717, 1.165) is 29.6 Å². The van der Waals surface area contributed by atoms with E-state index in [1.165, 1.54) is 38.2 Å². The van der Waals surface area contributed by atoms with E-state index in [1.807, 2.05) is 12.1 Å². The Morgan fingerprint density at radius 2 is 1.84 bits per heavy atom. The summed E-state index contributed by atoms with van der Waals surface area (Å²) in [6.07, 6.45) is 2.88. The molecule has 1 aromatic rings. The largest absolute Gasteiger partial charge is 0.369 e. The topological polar surface area (TPSA) is 6.48 Å². The minimum atomic E-state index is 0.526. The van der Waals surface area contributed by atoms with Crippen molar-refractivity contribution in [1.29, 1.82) is 0 Å². The van der Waals surface area contributed by atoms with Crippen LogP contribution in [0.2, 0.25) is 5.02 Å². The van der Waals surface area contributed by atoms with Crippen molar-refractivity contribution in [3.05, 3.63) is 28.8 Å². The predicted octanol–water partition coefficient (Wildman–Crippen LogP) is 3.61. The van der Waals surface area contributed by atoms with E-state index in [1.54, 1.807) is 0 Å². The highest BCUT2D eigenvalue weighted by atomic mass is 35.5. The van der Waals surface area contributed by atoms with Gasteiger partial charge in [-0.2, -0.15) is 0 Å². The highest BCUT2D eigenvalue weighted by Crippen LogP contribution is 2.31. The molecule has 1 aliphatic heterocycles. The van der Waals surface area contributed by atoms with Gasteiger partial charge in [0.2, 0.25) is 0 Å². The molecule has 2 nitrogen and oxygen atoms in total. The molecule has 1 saturated carbocycles. The maximum Gasteiger partial charge on any atom is 0.0495 e. The zero-order valence-corrected chi connectivity index (χ0v) is 12.6. The van der Waals surface area contributed by atoms with Crippen LogP contribution < -0.4 is 4.90 Å². The summed E-state index contributed by atoms with van der Waals surface area (Å²) in [6.45, 7) is 5.83. The Hall–Kier alpha value is -0.440. The molecule has 2 aliphatic rings. The van der Waals surface area contributed by atoms with Crippen LogP contribution in [0.15, 0.2) is 18.2 Å². The zero-order valence-electron chi connectivity index (χ0n) is 11.1. The average Bonchev–Trinajstić information content (AvgIpc) is 3.24. The van der Waals surface area contributed by atoms with Crippen LogP contribution in [-0.4, -0.2) is 37.6 Å². The molecule has 4 heteroatoms. The highest BCUT2D eigenvalue weighted by Gasteiger charge is 2.26. The number of halogens is 2. The summed E-state index contributed by atoms with van der Waals surface area (Å²) in [5.74, 6) is 1.51. The highest BCUT2D eigenvalue weighted by molar-refractivity contribution is 6.30. The normalized spacial score (nSPS) is 20.8. The number of benzene rings is 1. The van der Waals surface area contributed by atoms with Gasteiger partial charge < -0.3 is 4.90 Å². The smallest absolute Gasteiger partial charge is 0.0495 e. The molecule has 1 heterocycles. The van der Waals surface area contributed by atoms with Crippen LogP contribution in [-0.2, 0) is 5.88 Å². The molecule has 0 aromatic heterocycles. The van der Waals surface area contributed by atoms with Crippen LogP contribution in [0.5, 0.6) is 0 Å². The number of hydrogen-bond acceptors (Lipinski definition) is 2. The van der Waals surface area contributed by atoms with Gasteiger partial charge in [-0.15, -0.1) is 11.6 Å². The second-order valence-electron chi connectivity index (χ2n) is 5.64. The van der Waals surface area contributed by atoms with E-state index in [2.05, 4.69) is 15.9 Å². The van der Waals surface area contributed by atoms with Crippen molar-refractivity contribution >= 4 is 28.9 Å². The first-order chi connectivity index (χ1) is 9.26. The van der Waals surface area contributed by atoms with Gasteiger partial charge in [-0.3, -0.25) is 4.90 Å². The summed E-state index contributed by atoms with van der Waals surface area (Å²) in [5.41, 5.74) is 2.40. The van der Waals surface area contributed by atoms with Crippen molar-refractivity contribution in [1.82, 2.24) is 4.90 Å². The molecule has 2 fully saturated rings. The van der Waals surface area contributed by atoms with Gasteiger partial charge in [0.15, 0.2) is 0 Å². The van der Waals surface area contributed by atoms with Crippen LogP contribution in [0.1, 0.15) is 18.4 Å². The van der Waals surface area contributed by atoms with E-state index in [4.69, 9.17) is 23.2 Å². The fourth-order valence-corrected chi connectivity index (χ4v) is 3.22. The third-order valence-corrected chi connectivity index (χ3v) is 4.63. The number of rotatable bonds is 4. The molecular weight excluding hydrogens is 279 g/mol. The fourth-order valence-electron chi connectivity index (χ4n) is 2.81. The number of piperazine rings is 1. The summed E-state index contributed by atoms with van der Waals surface area (Å²) < 4.78 is 0. The minimum absolute atomic E-state index is 0.526. The average molecular weight is 299 g/mol. The van der Waals surface area contributed by atoms with E-state index in [9.17, 15) is 0 Å². The lowest BCUT2D eigenvalue weighted by molar-refractivity contribution is 0.248. The van der Waals surface area contributed by atoms with Gasteiger partial charge in [-0.25, -0.2) is 0 Å². The van der Waals surface area contributed by atoms with E-state index < -0.39 is 0 Å². The maximum atomic E-state index is 6.04. The summed E-state index contributed by atoms with van der Waals surface area (Å²) in [5, 5.41) is 0.770. The Bertz CT molecular complexity index is 438. The van der Waals surface area contributed by atoms with Gasteiger partial charge in [0.05, 0.1) is 0 Å². The molecular formula is C15H20Cl2N2. The van der Waals surface area contributed by atoms with Crippen LogP contribution in [0.4, 0.5) is 5.69 Å². The lowest BCUT2D eigenvalue weighted by atomic mass is 10.1. The van der Waals surface area contributed by atoms with Crippen molar-refractivity contribution in [2.75, 3.05) is 37.6 Å². The van der Waals surface area contributed by atoms with Gasteiger partial charge in [-0.1, -0.05) is 11.6 Å². The van der Waals surface area contributed by atoms with Crippen molar-refractivity contribution in [3.63, 3.8) is 0 Å². The van der Waals surface area contributed by atoms with E-state index in [0.29, 0.717) is 5.88 Å². The first-order valence-electron chi connectivity index (χ1n) is 7.08. The number of nitrogens with zero attached hydrogens (tertiary/aromatic N) is 2. The summed E-state index contributed by atoms with van der Waals surface area (Å²) in [6, 6.07) is 6.06. The SMILES string of the molecule is ClCc1cc(Cl)ccc1N1CCN(CC2CC2)CC1. The lowest BCUT2D eigenvalue weighted by Gasteiger charge is -2.37. The molecule has 1 saturated heterocycles. The summed E-state index contributed by atoms with van der Waals surface area (Å²) in [7, 11) is 0. The van der Waals surface area contributed by atoms with Crippen LogP contribution in [0.3, 0.4) is 0 Å². The predicted molar refractivity (Wildman–Crippen MR) is 82.4 cm³/mol. The van der Waals surface area contributed by atoms with Gasteiger partial charge >= 0.3 is 0 Å². The second-order valence-corrected chi connectivity index (χ2v) is 6.34. The van der Waals surface area contributed by atoms with Gasteiger partial charge in [0, 0.05) is 49.3 Å². The van der Waals surface area contributed by atoms with Gasteiger partial charge in [-0.05, 0) is 42.5 Å². The Kier molecular flexibility index (Phi) is 4.21. The molecule has 0 atom stereocenters. The molecule has 19 heavy (non-hydrogen) atoms. The Morgan fingerprint density at radius 3 is 2.47 bits per heavy atom. The molecule has 3 rings (SSSR count). The van der Waals surface area contributed by atoms with Crippen molar-refractivity contribution < 1.29 is 0 Å². The molecule has 0 spiro atoms. The number of hydrogen-bond donors (Lipinski definition) is 0. The van der Waals surface area contributed by atoms with Crippen LogP contribution in [0, 0.1) is 5.92 Å². The maximum absolute atomic E-state index is 6.04. The van der Waals surface area contributed by atoms with Gasteiger partial charge in [0.1, 0.15) is 0 Å². The standard InChI is InChI=1S/C15H20Cl2N2/c16-10-13-9-14(17)3-4-15(13)19-7-5-18(6-8-19)11-12-1-2-12/h3-4,9,12H,1-2,5-8,10-11H2. The van der Waals surface area contributed by atoms with Gasteiger partial charge in [0.25, 0.3) is 0 Å². The Balaban J connectivity index is 1.63. The molecule has 0 bridgehead atoms. The first kappa shape index (κ1) is 13.5. The Labute approximate surface area is 125 Å². The Morgan fingerprint density at radius 1 is 1.11 bits per heavy atom. The first-order valence-corrected chi connectivity index (χ1v) is 7.99. The quantitative estimate of drug-likeness (QED) is 0.784. The molecule has 0 radical (unpaired) electrons. The summed E-state index contributed by atoms with van der Waals surface area (Å²) >= 11 is 12.1. The van der Waals surface area contributed by atoms with Crippen LogP contribution in [0.25, 0.3) is 0 Å². The fraction of sp³-hybridized carbons (Fsp3) is 0.600. The zero-order chi connectivity index (χ0) is 13.2. The van der Waals surface area contributed by atoms with Crippen molar-refractivity contribution in [2.24, 2.45) is 5.92 Å². The molecule has 104 valence electrons. The molecule has 0 N–H and O–H groups in total. The monoisotopic (exact) mass is 298 g/mol. The minimum Gasteiger partial charge on any atom is -0.369 e. The summed E-state index contributed by atoms with van der Waals surface area (Å²) in [4.78, 5) is 5.04. The molecule has 0 unspecified atom stereocenters. The van der Waals surface area contributed by atoms with Crippen molar-refractivity contribution in [2.45, 2.75) is 18.7 Å². The van der Waals surface area contributed by atoms with Crippen LogP contribution >= 0.6 is 23.2 Å². The molecule has 1 aliphatic carbocycles. The van der Waals surface area contributed by atoms with E-state index in [-0.39, 0.29) is 0 Å². The second kappa shape index (κ2) is 5.90. The third-order valence-electron chi connectivity index (χ3n) is 4.11. The van der Waals surface area contributed by atoms with E-state index >= 15 is 0 Å². The number of alkyl halides is 1. The number of anilines is 1. The molecule has 1 aromatic carbocycles. The molecule has 0 amide bonds. The lowest BCUT2D eigenvalue weighted by Crippen LogP contribution is -2.47. The third kappa shape index (κ3) is 3.36.